The predicted molar refractivity (Wildman–Crippen MR) is 85.3 cm³/mol. The fourth-order valence-electron chi connectivity index (χ4n) is 2.36. The molecule has 0 atom stereocenters. The first-order valence-electron chi connectivity index (χ1n) is 7.64. The molecule has 1 aromatic rings. The van der Waals surface area contributed by atoms with E-state index in [2.05, 4.69) is 57.2 Å². The van der Waals surface area contributed by atoms with Gasteiger partial charge >= 0.3 is 0 Å². The van der Waals surface area contributed by atoms with Crippen molar-refractivity contribution in [2.24, 2.45) is 5.92 Å². The van der Waals surface area contributed by atoms with Crippen LogP contribution >= 0.6 is 0 Å². The normalized spacial score (nSPS) is 16.1. The summed E-state index contributed by atoms with van der Waals surface area (Å²) in [5.41, 5.74) is 0.0541. The number of rotatable bonds is 5. The Morgan fingerprint density at radius 3 is 2.20 bits per heavy atom. The Morgan fingerprint density at radius 2 is 1.70 bits per heavy atom. The van der Waals surface area contributed by atoms with Crippen LogP contribution in [-0.2, 0) is 5.41 Å². The van der Waals surface area contributed by atoms with Gasteiger partial charge in [0.15, 0.2) is 0 Å². The molecule has 20 heavy (non-hydrogen) atoms. The van der Waals surface area contributed by atoms with E-state index in [0.717, 1.165) is 29.9 Å². The quantitative estimate of drug-likeness (QED) is 0.858. The molecule has 0 aliphatic heterocycles. The molecule has 0 bridgehead atoms. The van der Waals surface area contributed by atoms with Gasteiger partial charge in [-0.2, -0.15) is 0 Å². The second kappa shape index (κ2) is 5.23. The molecule has 1 heterocycles. The van der Waals surface area contributed by atoms with Crippen LogP contribution in [0.25, 0.3) is 0 Å². The van der Waals surface area contributed by atoms with E-state index in [4.69, 9.17) is 4.98 Å². The van der Waals surface area contributed by atoms with Crippen LogP contribution in [0.3, 0.4) is 0 Å². The highest BCUT2D eigenvalue weighted by Gasteiger charge is 2.38. The molecule has 0 amide bonds. The first-order valence-corrected chi connectivity index (χ1v) is 7.64. The van der Waals surface area contributed by atoms with Crippen LogP contribution in [-0.4, -0.2) is 22.1 Å². The highest BCUT2D eigenvalue weighted by molar-refractivity contribution is 5.49. The second-order valence-corrected chi connectivity index (χ2v) is 7.36. The second-order valence-electron chi connectivity index (χ2n) is 7.36. The van der Waals surface area contributed by atoms with Crippen LogP contribution in [0.1, 0.15) is 60.2 Å². The summed E-state index contributed by atoms with van der Waals surface area (Å²) in [6.45, 7) is 13.9. The maximum Gasteiger partial charge on any atom is 0.138 e. The summed E-state index contributed by atoms with van der Waals surface area (Å²) < 4.78 is 0. The molecule has 2 N–H and O–H groups in total. The Labute approximate surface area is 122 Å². The van der Waals surface area contributed by atoms with Crippen LogP contribution in [0.5, 0.6) is 0 Å². The molecule has 1 saturated carbocycles. The molecule has 0 spiro atoms. The molecule has 0 saturated heterocycles. The first-order chi connectivity index (χ1) is 9.22. The van der Waals surface area contributed by atoms with Gasteiger partial charge in [0.1, 0.15) is 17.5 Å². The van der Waals surface area contributed by atoms with Crippen molar-refractivity contribution in [2.75, 3.05) is 17.2 Å². The van der Waals surface area contributed by atoms with E-state index in [1.165, 1.54) is 12.8 Å². The van der Waals surface area contributed by atoms with Gasteiger partial charge in [0.25, 0.3) is 0 Å². The number of anilines is 2. The molecule has 112 valence electrons. The molecule has 0 unspecified atom stereocenters. The zero-order valence-corrected chi connectivity index (χ0v) is 13.7. The SMILES string of the molecule is CCNc1cc(NC(C)(C)C2CC2)nc(C(C)(C)C)n1. The smallest absolute Gasteiger partial charge is 0.138 e. The summed E-state index contributed by atoms with van der Waals surface area (Å²) in [6.07, 6.45) is 2.63. The molecule has 1 fully saturated rings. The third-order valence-electron chi connectivity index (χ3n) is 3.80. The lowest BCUT2D eigenvalue weighted by Crippen LogP contribution is -2.34. The average Bonchev–Trinajstić information content (AvgIpc) is 3.11. The van der Waals surface area contributed by atoms with Gasteiger partial charge in [-0.25, -0.2) is 9.97 Å². The van der Waals surface area contributed by atoms with Gasteiger partial charge in [-0.1, -0.05) is 20.8 Å². The van der Waals surface area contributed by atoms with E-state index in [-0.39, 0.29) is 11.0 Å². The number of hydrogen-bond acceptors (Lipinski definition) is 4. The maximum absolute atomic E-state index is 4.72. The minimum atomic E-state index is -0.0500. The first kappa shape index (κ1) is 15.1. The fraction of sp³-hybridized carbons (Fsp3) is 0.750. The Kier molecular flexibility index (Phi) is 3.94. The Bertz CT molecular complexity index is 470. The van der Waals surface area contributed by atoms with Crippen molar-refractivity contribution >= 4 is 11.6 Å². The van der Waals surface area contributed by atoms with Gasteiger partial charge < -0.3 is 10.6 Å². The molecule has 4 heteroatoms. The summed E-state index contributed by atoms with van der Waals surface area (Å²) >= 11 is 0. The summed E-state index contributed by atoms with van der Waals surface area (Å²) in [6, 6.07) is 2.02. The van der Waals surface area contributed by atoms with Crippen LogP contribution < -0.4 is 10.6 Å². The van der Waals surface area contributed by atoms with E-state index in [0.29, 0.717) is 0 Å². The summed E-state index contributed by atoms with van der Waals surface area (Å²) in [7, 11) is 0. The predicted octanol–water partition coefficient (Wildman–Crippen LogP) is 3.81. The number of aromatic nitrogens is 2. The topological polar surface area (TPSA) is 49.8 Å². The van der Waals surface area contributed by atoms with Crippen molar-refractivity contribution in [3.63, 3.8) is 0 Å². The van der Waals surface area contributed by atoms with Crippen LogP contribution in [0.15, 0.2) is 6.07 Å². The zero-order chi connectivity index (χ0) is 15.0. The van der Waals surface area contributed by atoms with Gasteiger partial charge in [-0.15, -0.1) is 0 Å². The van der Waals surface area contributed by atoms with Gasteiger partial charge in [0.05, 0.1) is 0 Å². The van der Waals surface area contributed by atoms with Crippen molar-refractivity contribution in [1.82, 2.24) is 9.97 Å². The molecule has 0 radical (unpaired) electrons. The highest BCUT2D eigenvalue weighted by atomic mass is 15.1. The Hall–Kier alpha value is -1.32. The Balaban J connectivity index is 2.29. The lowest BCUT2D eigenvalue weighted by atomic mass is 9.95. The highest BCUT2D eigenvalue weighted by Crippen LogP contribution is 2.41. The minimum Gasteiger partial charge on any atom is -0.370 e. The van der Waals surface area contributed by atoms with Crippen molar-refractivity contribution < 1.29 is 0 Å². The van der Waals surface area contributed by atoms with Crippen LogP contribution in [0, 0.1) is 5.92 Å². The number of nitrogens with zero attached hydrogens (tertiary/aromatic N) is 2. The molecular formula is C16H28N4. The Morgan fingerprint density at radius 1 is 1.10 bits per heavy atom. The summed E-state index contributed by atoms with van der Waals surface area (Å²) in [4.78, 5) is 9.34. The van der Waals surface area contributed by atoms with Crippen molar-refractivity contribution in [1.29, 1.82) is 0 Å². The van der Waals surface area contributed by atoms with Crippen LogP contribution in [0.4, 0.5) is 11.6 Å². The van der Waals surface area contributed by atoms with E-state index < -0.39 is 0 Å². The van der Waals surface area contributed by atoms with Crippen molar-refractivity contribution in [3.05, 3.63) is 11.9 Å². The fourth-order valence-corrected chi connectivity index (χ4v) is 2.36. The summed E-state index contributed by atoms with van der Waals surface area (Å²) in [5.74, 6) is 3.47. The standard InChI is InChI=1S/C16H28N4/c1-7-17-12-10-13(19-14(18-12)15(2,3)4)20-16(5,6)11-8-9-11/h10-11H,7-9H2,1-6H3,(H2,17,18,19,20). The molecule has 1 aromatic heterocycles. The molecule has 1 aliphatic carbocycles. The van der Waals surface area contributed by atoms with Crippen LogP contribution in [0.2, 0.25) is 0 Å². The molecule has 0 aromatic carbocycles. The largest absolute Gasteiger partial charge is 0.370 e. The lowest BCUT2D eigenvalue weighted by molar-refractivity contribution is 0.489. The summed E-state index contributed by atoms with van der Waals surface area (Å²) in [5, 5.41) is 6.90. The maximum atomic E-state index is 4.72. The van der Waals surface area contributed by atoms with Gasteiger partial charge in [0.2, 0.25) is 0 Å². The molecule has 2 rings (SSSR count). The minimum absolute atomic E-state index is 0.0500. The van der Waals surface area contributed by atoms with E-state index in [1.807, 2.05) is 6.07 Å². The van der Waals surface area contributed by atoms with E-state index in [1.54, 1.807) is 0 Å². The molecule has 1 aliphatic rings. The number of hydrogen-bond donors (Lipinski definition) is 2. The van der Waals surface area contributed by atoms with E-state index in [9.17, 15) is 0 Å². The van der Waals surface area contributed by atoms with Gasteiger partial charge in [0, 0.05) is 23.6 Å². The zero-order valence-electron chi connectivity index (χ0n) is 13.7. The van der Waals surface area contributed by atoms with Crippen molar-refractivity contribution in [2.45, 2.75) is 65.3 Å². The average molecular weight is 276 g/mol. The lowest BCUT2D eigenvalue weighted by Gasteiger charge is -2.28. The van der Waals surface area contributed by atoms with E-state index >= 15 is 0 Å². The third kappa shape index (κ3) is 3.62. The van der Waals surface area contributed by atoms with Gasteiger partial charge in [-0.3, -0.25) is 0 Å². The van der Waals surface area contributed by atoms with Gasteiger partial charge in [-0.05, 0) is 39.5 Å². The van der Waals surface area contributed by atoms with Crippen molar-refractivity contribution in [3.8, 4) is 0 Å². The molecular weight excluding hydrogens is 248 g/mol. The molecule has 4 nitrogen and oxygen atoms in total. The third-order valence-corrected chi connectivity index (χ3v) is 3.80. The monoisotopic (exact) mass is 276 g/mol. The number of nitrogens with one attached hydrogen (secondary N) is 2.